The second-order valence-corrected chi connectivity index (χ2v) is 7.54. The molecule has 0 fully saturated rings. The van der Waals surface area contributed by atoms with Crippen LogP contribution in [0.15, 0.2) is 0 Å². The molecule has 1 N–H and O–H groups in total. The zero-order valence-electron chi connectivity index (χ0n) is 16.7. The lowest BCUT2D eigenvalue weighted by atomic mass is 10.0. The molecular weight excluding hydrogens is 300 g/mol. The van der Waals surface area contributed by atoms with Gasteiger partial charge in [-0.2, -0.15) is 0 Å². The third kappa shape index (κ3) is 18.2. The van der Waals surface area contributed by atoms with Gasteiger partial charge in [0.25, 0.3) is 0 Å². The van der Waals surface area contributed by atoms with Crippen LogP contribution < -0.4 is 0 Å². The Balaban J connectivity index is 3.05. The predicted octanol–water partition coefficient (Wildman–Crippen LogP) is 5.74. The van der Waals surface area contributed by atoms with Gasteiger partial charge in [0.1, 0.15) is 6.10 Å². The van der Waals surface area contributed by atoms with Crippen LogP contribution >= 0.6 is 0 Å². The van der Waals surface area contributed by atoms with Crippen LogP contribution in [-0.4, -0.2) is 38.1 Å². The topological polar surface area (TPSA) is 38.7 Å². The SMILES string of the molecule is COC(CO)COCCCCCCCCCCCCCCC(C)C. The minimum absolute atomic E-state index is 0.0362. The molecule has 0 heterocycles. The maximum absolute atomic E-state index is 8.96. The van der Waals surface area contributed by atoms with E-state index >= 15 is 0 Å². The lowest BCUT2D eigenvalue weighted by molar-refractivity contribution is -0.0205. The Morgan fingerprint density at radius 3 is 1.58 bits per heavy atom. The van der Waals surface area contributed by atoms with Crippen molar-refractivity contribution in [3.8, 4) is 0 Å². The first-order valence-electron chi connectivity index (χ1n) is 10.4. The van der Waals surface area contributed by atoms with E-state index < -0.39 is 0 Å². The van der Waals surface area contributed by atoms with Crippen LogP contribution in [0.3, 0.4) is 0 Å². The molecule has 0 aliphatic rings. The largest absolute Gasteiger partial charge is 0.394 e. The quantitative estimate of drug-likeness (QED) is 0.304. The van der Waals surface area contributed by atoms with Crippen LogP contribution in [0.2, 0.25) is 0 Å². The van der Waals surface area contributed by atoms with E-state index in [1.54, 1.807) is 7.11 Å². The molecule has 0 saturated carbocycles. The third-order valence-corrected chi connectivity index (χ3v) is 4.66. The number of methoxy groups -OCH3 is 1. The fourth-order valence-electron chi connectivity index (χ4n) is 2.93. The standard InChI is InChI=1S/C21H44O3/c1-20(2)16-14-12-10-8-6-4-5-7-9-11-13-15-17-24-19-21(18-22)23-3/h20-22H,4-19H2,1-3H3. The van der Waals surface area contributed by atoms with Crippen molar-refractivity contribution in [2.75, 3.05) is 26.9 Å². The van der Waals surface area contributed by atoms with Crippen molar-refractivity contribution < 1.29 is 14.6 Å². The molecule has 0 saturated heterocycles. The second kappa shape index (κ2) is 19.2. The van der Waals surface area contributed by atoms with Crippen molar-refractivity contribution in [2.45, 2.75) is 103 Å². The molecule has 3 nitrogen and oxygen atoms in total. The Morgan fingerprint density at radius 1 is 0.708 bits per heavy atom. The van der Waals surface area contributed by atoms with Crippen LogP contribution in [0.1, 0.15) is 97.3 Å². The first-order chi connectivity index (χ1) is 11.7. The number of rotatable bonds is 19. The van der Waals surface area contributed by atoms with E-state index in [1.807, 2.05) is 0 Å². The van der Waals surface area contributed by atoms with Gasteiger partial charge in [-0.25, -0.2) is 0 Å². The molecule has 0 aliphatic carbocycles. The number of hydrogen-bond donors (Lipinski definition) is 1. The van der Waals surface area contributed by atoms with Crippen LogP contribution in [-0.2, 0) is 9.47 Å². The summed E-state index contributed by atoms with van der Waals surface area (Å²) in [5.41, 5.74) is 0. The van der Waals surface area contributed by atoms with Crippen molar-refractivity contribution in [3.05, 3.63) is 0 Å². The van der Waals surface area contributed by atoms with Crippen LogP contribution in [0.5, 0.6) is 0 Å². The van der Waals surface area contributed by atoms with Crippen molar-refractivity contribution in [1.82, 2.24) is 0 Å². The molecule has 0 spiro atoms. The monoisotopic (exact) mass is 344 g/mol. The van der Waals surface area contributed by atoms with E-state index in [-0.39, 0.29) is 12.7 Å². The molecule has 0 rings (SSSR count). The summed E-state index contributed by atoms with van der Waals surface area (Å²) in [4.78, 5) is 0. The maximum Gasteiger partial charge on any atom is 0.103 e. The highest BCUT2D eigenvalue weighted by molar-refractivity contribution is 4.53. The predicted molar refractivity (Wildman–Crippen MR) is 104 cm³/mol. The van der Waals surface area contributed by atoms with Gasteiger partial charge in [-0.15, -0.1) is 0 Å². The normalized spacial score (nSPS) is 12.9. The maximum atomic E-state index is 8.96. The van der Waals surface area contributed by atoms with Crippen LogP contribution in [0.25, 0.3) is 0 Å². The highest BCUT2D eigenvalue weighted by atomic mass is 16.5. The molecule has 0 aromatic rings. The average molecular weight is 345 g/mol. The fourth-order valence-corrected chi connectivity index (χ4v) is 2.93. The van der Waals surface area contributed by atoms with Crippen molar-refractivity contribution in [1.29, 1.82) is 0 Å². The van der Waals surface area contributed by atoms with Gasteiger partial charge in [0, 0.05) is 13.7 Å². The summed E-state index contributed by atoms with van der Waals surface area (Å²) in [6.45, 7) is 5.97. The summed E-state index contributed by atoms with van der Waals surface area (Å²) in [5.74, 6) is 0.874. The lowest BCUT2D eigenvalue weighted by Gasteiger charge is -2.12. The van der Waals surface area contributed by atoms with Crippen LogP contribution in [0.4, 0.5) is 0 Å². The molecular formula is C21H44O3. The van der Waals surface area contributed by atoms with Gasteiger partial charge in [0.05, 0.1) is 13.2 Å². The number of unbranched alkanes of at least 4 members (excludes halogenated alkanes) is 11. The molecule has 0 aromatic carbocycles. The van der Waals surface area contributed by atoms with Crippen molar-refractivity contribution in [2.24, 2.45) is 5.92 Å². The highest BCUT2D eigenvalue weighted by Gasteiger charge is 2.04. The Morgan fingerprint density at radius 2 is 1.17 bits per heavy atom. The Labute approximate surface area is 151 Å². The minimum Gasteiger partial charge on any atom is -0.394 e. The zero-order valence-corrected chi connectivity index (χ0v) is 16.7. The molecule has 0 radical (unpaired) electrons. The molecule has 0 bridgehead atoms. The summed E-state index contributed by atoms with van der Waals surface area (Å²) in [7, 11) is 1.61. The number of hydrogen-bond acceptors (Lipinski definition) is 3. The molecule has 0 aliphatic heterocycles. The molecule has 1 atom stereocenters. The van der Waals surface area contributed by atoms with Gasteiger partial charge in [-0.05, 0) is 12.3 Å². The second-order valence-electron chi connectivity index (χ2n) is 7.54. The summed E-state index contributed by atoms with van der Waals surface area (Å²) in [6.07, 6.45) is 17.7. The van der Waals surface area contributed by atoms with E-state index in [9.17, 15) is 0 Å². The third-order valence-electron chi connectivity index (χ3n) is 4.66. The van der Waals surface area contributed by atoms with Gasteiger partial charge >= 0.3 is 0 Å². The summed E-state index contributed by atoms with van der Waals surface area (Å²) in [5, 5.41) is 8.96. The molecule has 0 aromatic heterocycles. The Bertz CT molecular complexity index is 227. The Hall–Kier alpha value is -0.120. The average Bonchev–Trinajstić information content (AvgIpc) is 2.57. The molecule has 146 valence electrons. The first kappa shape index (κ1) is 23.9. The number of aliphatic hydroxyl groups is 1. The summed E-state index contributed by atoms with van der Waals surface area (Å²) >= 11 is 0. The molecule has 0 amide bonds. The van der Waals surface area contributed by atoms with E-state index in [2.05, 4.69) is 13.8 Å². The van der Waals surface area contributed by atoms with E-state index in [0.717, 1.165) is 18.9 Å². The smallest absolute Gasteiger partial charge is 0.103 e. The van der Waals surface area contributed by atoms with Crippen LogP contribution in [0, 0.1) is 5.92 Å². The molecule has 3 heteroatoms. The molecule has 1 unspecified atom stereocenters. The van der Waals surface area contributed by atoms with E-state index in [4.69, 9.17) is 14.6 Å². The minimum atomic E-state index is -0.166. The summed E-state index contributed by atoms with van der Waals surface area (Å²) < 4.78 is 10.6. The van der Waals surface area contributed by atoms with E-state index in [1.165, 1.54) is 77.0 Å². The van der Waals surface area contributed by atoms with Gasteiger partial charge in [-0.3, -0.25) is 0 Å². The van der Waals surface area contributed by atoms with Gasteiger partial charge in [-0.1, -0.05) is 90.9 Å². The number of ether oxygens (including phenoxy) is 2. The lowest BCUT2D eigenvalue weighted by Crippen LogP contribution is -2.22. The highest BCUT2D eigenvalue weighted by Crippen LogP contribution is 2.14. The van der Waals surface area contributed by atoms with Gasteiger partial charge in [0.15, 0.2) is 0 Å². The zero-order chi connectivity index (χ0) is 17.9. The number of aliphatic hydroxyl groups excluding tert-OH is 1. The Kier molecular flexibility index (Phi) is 19.1. The van der Waals surface area contributed by atoms with E-state index in [0.29, 0.717) is 6.61 Å². The summed E-state index contributed by atoms with van der Waals surface area (Å²) in [6, 6.07) is 0. The van der Waals surface area contributed by atoms with Crippen molar-refractivity contribution in [3.63, 3.8) is 0 Å². The van der Waals surface area contributed by atoms with Crippen molar-refractivity contribution >= 4 is 0 Å². The van der Waals surface area contributed by atoms with Gasteiger partial charge < -0.3 is 14.6 Å². The first-order valence-corrected chi connectivity index (χ1v) is 10.4. The molecule has 24 heavy (non-hydrogen) atoms. The fraction of sp³-hybridized carbons (Fsp3) is 1.00. The van der Waals surface area contributed by atoms with Gasteiger partial charge in [0.2, 0.25) is 0 Å².